The molecule has 5 nitrogen and oxygen atoms in total. The highest BCUT2D eigenvalue weighted by atomic mass is 19.1. The van der Waals surface area contributed by atoms with E-state index in [1.807, 2.05) is 0 Å². The van der Waals surface area contributed by atoms with Crippen LogP contribution < -0.4 is 0 Å². The second-order valence-electron chi connectivity index (χ2n) is 6.91. The third-order valence-corrected chi connectivity index (χ3v) is 5.50. The highest BCUT2D eigenvalue weighted by molar-refractivity contribution is 6.08. The van der Waals surface area contributed by atoms with Crippen LogP contribution in [0.5, 0.6) is 5.75 Å². The van der Waals surface area contributed by atoms with Gasteiger partial charge in [0.1, 0.15) is 17.1 Å². The van der Waals surface area contributed by atoms with Crippen LogP contribution in [0, 0.1) is 17.7 Å². The van der Waals surface area contributed by atoms with E-state index in [1.165, 1.54) is 12.1 Å². The Balaban J connectivity index is 1.56. The van der Waals surface area contributed by atoms with Crippen LogP contribution in [-0.2, 0) is 4.74 Å². The minimum absolute atomic E-state index is 0.113. The summed E-state index contributed by atoms with van der Waals surface area (Å²) >= 11 is 0. The van der Waals surface area contributed by atoms with Crippen LogP contribution in [-0.4, -0.2) is 47.2 Å². The summed E-state index contributed by atoms with van der Waals surface area (Å²) in [5.74, 6) is 0.241. The van der Waals surface area contributed by atoms with Gasteiger partial charge in [-0.15, -0.1) is 0 Å². The molecule has 2 aromatic rings. The quantitative estimate of drug-likeness (QED) is 0.910. The lowest BCUT2D eigenvalue weighted by molar-refractivity contribution is 0.0647. The van der Waals surface area contributed by atoms with Gasteiger partial charge in [-0.05, 0) is 37.2 Å². The normalized spacial score (nSPS) is 21.8. The first-order valence-electron chi connectivity index (χ1n) is 8.78. The van der Waals surface area contributed by atoms with E-state index < -0.39 is 5.82 Å². The van der Waals surface area contributed by atoms with Crippen LogP contribution in [0.25, 0.3) is 10.9 Å². The molecular weight excluding hydrogens is 323 g/mol. The molecular formula is C19H21FN2O3. The number of aromatic hydroxyl groups is 1. The molecule has 2 aliphatic rings. The number of hydrogen-bond acceptors (Lipinski definition) is 4. The first-order valence-corrected chi connectivity index (χ1v) is 8.78. The Hall–Kier alpha value is -2.21. The Morgan fingerprint density at radius 1 is 1.24 bits per heavy atom. The second-order valence-corrected chi connectivity index (χ2v) is 6.91. The predicted molar refractivity (Wildman–Crippen MR) is 90.9 cm³/mol. The van der Waals surface area contributed by atoms with Crippen molar-refractivity contribution in [2.45, 2.75) is 19.3 Å². The van der Waals surface area contributed by atoms with Gasteiger partial charge in [-0.2, -0.15) is 0 Å². The summed E-state index contributed by atoms with van der Waals surface area (Å²) in [5, 5.41) is 10.5. The molecule has 1 amide bonds. The number of amides is 1. The maximum Gasteiger partial charge on any atom is 0.258 e. The molecule has 2 saturated heterocycles. The summed E-state index contributed by atoms with van der Waals surface area (Å²) in [5.41, 5.74) is 0.258. The van der Waals surface area contributed by atoms with Crippen molar-refractivity contribution in [3.05, 3.63) is 35.8 Å². The summed E-state index contributed by atoms with van der Waals surface area (Å²) in [6.07, 6.45) is 4.14. The van der Waals surface area contributed by atoms with E-state index in [0.717, 1.165) is 38.7 Å². The van der Waals surface area contributed by atoms with Crippen LogP contribution >= 0.6 is 0 Å². The number of aromatic nitrogens is 1. The fourth-order valence-corrected chi connectivity index (χ4v) is 4.06. The maximum atomic E-state index is 13.9. The monoisotopic (exact) mass is 344 g/mol. The molecule has 1 unspecified atom stereocenters. The van der Waals surface area contributed by atoms with Crippen molar-refractivity contribution in [1.82, 2.24) is 9.88 Å². The van der Waals surface area contributed by atoms with Gasteiger partial charge in [0.25, 0.3) is 5.91 Å². The Bertz CT molecular complexity index is 797. The van der Waals surface area contributed by atoms with Gasteiger partial charge in [-0.1, -0.05) is 12.1 Å². The molecule has 0 radical (unpaired) electrons. The lowest BCUT2D eigenvalue weighted by atomic mass is 9.83. The van der Waals surface area contributed by atoms with E-state index in [2.05, 4.69) is 4.98 Å². The van der Waals surface area contributed by atoms with Gasteiger partial charge in [0, 0.05) is 31.7 Å². The van der Waals surface area contributed by atoms with Crippen LogP contribution in [0.1, 0.15) is 29.6 Å². The summed E-state index contributed by atoms with van der Waals surface area (Å²) < 4.78 is 19.4. The number of ether oxygens (including phenoxy) is 1. The maximum absolute atomic E-state index is 13.9. The van der Waals surface area contributed by atoms with Crippen molar-refractivity contribution >= 4 is 16.8 Å². The number of hydrogen-bond donors (Lipinski definition) is 1. The van der Waals surface area contributed by atoms with Gasteiger partial charge < -0.3 is 14.7 Å². The van der Waals surface area contributed by atoms with Crippen LogP contribution in [0.4, 0.5) is 4.39 Å². The number of para-hydroxylation sites is 1. The molecule has 0 bridgehead atoms. The zero-order valence-electron chi connectivity index (χ0n) is 13.9. The summed E-state index contributed by atoms with van der Waals surface area (Å²) in [4.78, 5) is 18.6. The summed E-state index contributed by atoms with van der Waals surface area (Å²) in [6.45, 7) is 2.97. The number of benzene rings is 1. The van der Waals surface area contributed by atoms with E-state index in [1.54, 1.807) is 11.0 Å². The van der Waals surface area contributed by atoms with E-state index in [9.17, 15) is 14.3 Å². The second kappa shape index (κ2) is 6.59. The predicted octanol–water partition coefficient (Wildman–Crippen LogP) is 2.97. The largest absolute Gasteiger partial charge is 0.505 e. The topological polar surface area (TPSA) is 62.7 Å². The molecule has 0 aliphatic carbocycles. The van der Waals surface area contributed by atoms with E-state index >= 15 is 0 Å². The number of fused-ring (bicyclic) bond motifs is 1. The van der Waals surface area contributed by atoms with Gasteiger partial charge >= 0.3 is 0 Å². The minimum Gasteiger partial charge on any atom is -0.505 e. The molecule has 25 heavy (non-hydrogen) atoms. The van der Waals surface area contributed by atoms with E-state index in [0.29, 0.717) is 30.3 Å². The SMILES string of the molecule is O=C(c1c(O)cnc2c(F)cccc12)N1CCC(C2CCOC2)CC1. The number of nitrogens with zero attached hydrogens (tertiary/aromatic N) is 2. The Labute approximate surface area is 145 Å². The number of pyridine rings is 1. The number of piperidine rings is 1. The number of likely N-dealkylation sites (tertiary alicyclic amines) is 1. The van der Waals surface area contributed by atoms with Crippen LogP contribution in [0.2, 0.25) is 0 Å². The first kappa shape index (κ1) is 16.3. The fraction of sp³-hybridized carbons (Fsp3) is 0.474. The molecule has 4 rings (SSSR count). The van der Waals surface area contributed by atoms with Crippen LogP contribution in [0.3, 0.4) is 0 Å². The minimum atomic E-state index is -0.494. The molecule has 6 heteroatoms. The number of carbonyl (C=O) groups excluding carboxylic acids is 1. The Morgan fingerprint density at radius 2 is 2.04 bits per heavy atom. The van der Waals surface area contributed by atoms with Gasteiger partial charge in [-0.3, -0.25) is 4.79 Å². The molecule has 132 valence electrons. The lowest BCUT2D eigenvalue weighted by Gasteiger charge is -2.34. The van der Waals surface area contributed by atoms with E-state index in [-0.39, 0.29) is 22.7 Å². The van der Waals surface area contributed by atoms with Crippen molar-refractivity contribution in [3.63, 3.8) is 0 Å². The molecule has 2 fully saturated rings. The van der Waals surface area contributed by atoms with Crippen LogP contribution in [0.15, 0.2) is 24.4 Å². The number of carbonyl (C=O) groups is 1. The smallest absolute Gasteiger partial charge is 0.258 e. The average molecular weight is 344 g/mol. The van der Waals surface area contributed by atoms with Crippen molar-refractivity contribution in [2.24, 2.45) is 11.8 Å². The average Bonchev–Trinajstić information content (AvgIpc) is 3.16. The number of halogens is 1. The van der Waals surface area contributed by atoms with Gasteiger partial charge in [0.05, 0.1) is 11.8 Å². The third kappa shape index (κ3) is 2.95. The fourth-order valence-electron chi connectivity index (χ4n) is 4.06. The van der Waals surface area contributed by atoms with Crippen molar-refractivity contribution in [1.29, 1.82) is 0 Å². The standard InChI is InChI=1S/C19H21FN2O3/c20-15-3-1-2-14-17(16(23)10-21-18(14)15)19(24)22-7-4-12(5-8-22)13-6-9-25-11-13/h1-3,10,12-13,23H,4-9,11H2. The highest BCUT2D eigenvalue weighted by Crippen LogP contribution is 2.33. The molecule has 1 N–H and O–H groups in total. The Morgan fingerprint density at radius 3 is 2.76 bits per heavy atom. The summed E-state index contributed by atoms with van der Waals surface area (Å²) in [7, 11) is 0. The summed E-state index contributed by atoms with van der Waals surface area (Å²) in [6, 6.07) is 4.46. The zero-order chi connectivity index (χ0) is 17.4. The zero-order valence-corrected chi connectivity index (χ0v) is 13.9. The van der Waals surface area contributed by atoms with Gasteiger partial charge in [0.2, 0.25) is 0 Å². The molecule has 0 spiro atoms. The Kier molecular flexibility index (Phi) is 4.29. The molecule has 1 aromatic heterocycles. The molecule has 3 heterocycles. The first-order chi connectivity index (χ1) is 12.1. The van der Waals surface area contributed by atoms with Crippen molar-refractivity contribution < 1.29 is 19.0 Å². The molecule has 1 atom stereocenters. The highest BCUT2D eigenvalue weighted by Gasteiger charge is 2.32. The van der Waals surface area contributed by atoms with Gasteiger partial charge in [-0.25, -0.2) is 9.37 Å². The number of rotatable bonds is 2. The molecule has 2 aliphatic heterocycles. The van der Waals surface area contributed by atoms with E-state index in [4.69, 9.17) is 4.74 Å². The van der Waals surface area contributed by atoms with Crippen molar-refractivity contribution in [2.75, 3.05) is 26.3 Å². The molecule has 0 saturated carbocycles. The van der Waals surface area contributed by atoms with Gasteiger partial charge in [0.15, 0.2) is 0 Å². The third-order valence-electron chi connectivity index (χ3n) is 5.50. The lowest BCUT2D eigenvalue weighted by Crippen LogP contribution is -2.40. The molecule has 1 aromatic carbocycles. The van der Waals surface area contributed by atoms with Crippen molar-refractivity contribution in [3.8, 4) is 5.75 Å².